The Morgan fingerprint density at radius 2 is 1.67 bits per heavy atom. The fourth-order valence-corrected chi connectivity index (χ4v) is 3.03. The molecule has 1 heteroatoms. The van der Waals surface area contributed by atoms with Crippen LogP contribution in [0.5, 0.6) is 0 Å². The highest BCUT2D eigenvalue weighted by atomic mass is 16.1. The van der Waals surface area contributed by atoms with Crippen LogP contribution < -0.4 is 0 Å². The largest absolute Gasteiger partial charge is 0.294 e. The molecule has 0 saturated carbocycles. The minimum Gasteiger partial charge on any atom is -0.294 e. The molecule has 0 amide bonds. The molecule has 1 nitrogen and oxygen atoms in total. The second kappa shape index (κ2) is 4.09. The maximum Gasteiger partial charge on any atom is 0.164 e. The molecular formula is C17H16O. The van der Waals surface area contributed by atoms with Crippen LogP contribution >= 0.6 is 0 Å². The summed E-state index contributed by atoms with van der Waals surface area (Å²) >= 11 is 0. The number of Topliss-reactive ketones (excluding diaryl/α,β-unsaturated/α-hetero) is 1. The average Bonchev–Trinajstić information content (AvgIpc) is 2.69. The van der Waals surface area contributed by atoms with Crippen LogP contribution in [0.15, 0.2) is 42.5 Å². The number of carbonyl (C=O) groups is 1. The summed E-state index contributed by atoms with van der Waals surface area (Å²) < 4.78 is 0. The average molecular weight is 236 g/mol. The van der Waals surface area contributed by atoms with E-state index in [2.05, 4.69) is 38.1 Å². The van der Waals surface area contributed by atoms with E-state index in [1.165, 1.54) is 22.3 Å². The van der Waals surface area contributed by atoms with Crippen molar-refractivity contribution in [3.8, 4) is 0 Å². The lowest BCUT2D eigenvalue weighted by Gasteiger charge is -2.16. The molecule has 2 aromatic rings. The molecule has 1 aliphatic rings. The van der Waals surface area contributed by atoms with Gasteiger partial charge in [0.05, 0.1) is 0 Å². The molecule has 0 aromatic heterocycles. The van der Waals surface area contributed by atoms with E-state index in [1.54, 1.807) is 0 Å². The lowest BCUT2D eigenvalue weighted by atomic mass is 9.88. The molecule has 1 aliphatic carbocycles. The standard InChI is InChI=1S/C17H16O/c1-11-6-3-4-8-13(11)15-10-16(18)14-9-5-7-12(2)17(14)15/h3-9,15H,10H2,1-2H3. The SMILES string of the molecule is Cc1ccccc1C1CC(=O)c2cccc(C)c21. The summed E-state index contributed by atoms with van der Waals surface area (Å²) in [7, 11) is 0. The first-order valence-electron chi connectivity index (χ1n) is 6.36. The normalized spacial score (nSPS) is 17.9. The van der Waals surface area contributed by atoms with Gasteiger partial charge in [0.15, 0.2) is 5.78 Å². The highest BCUT2D eigenvalue weighted by Gasteiger charge is 2.31. The number of rotatable bonds is 1. The van der Waals surface area contributed by atoms with Gasteiger partial charge in [0.25, 0.3) is 0 Å². The number of benzene rings is 2. The molecule has 90 valence electrons. The molecule has 0 spiro atoms. The highest BCUT2D eigenvalue weighted by Crippen LogP contribution is 2.40. The summed E-state index contributed by atoms with van der Waals surface area (Å²) in [6.45, 7) is 4.22. The Bertz CT molecular complexity index is 625. The number of aryl methyl sites for hydroxylation is 2. The fraction of sp³-hybridized carbons (Fsp3) is 0.235. The zero-order chi connectivity index (χ0) is 12.7. The lowest BCUT2D eigenvalue weighted by Crippen LogP contribution is -2.00. The first kappa shape index (κ1) is 11.2. The van der Waals surface area contributed by atoms with Crippen molar-refractivity contribution in [2.45, 2.75) is 26.2 Å². The molecular weight excluding hydrogens is 220 g/mol. The molecule has 0 saturated heterocycles. The van der Waals surface area contributed by atoms with Crippen molar-refractivity contribution in [3.63, 3.8) is 0 Å². The van der Waals surface area contributed by atoms with E-state index in [0.29, 0.717) is 6.42 Å². The second-order valence-corrected chi connectivity index (χ2v) is 5.07. The molecule has 18 heavy (non-hydrogen) atoms. The van der Waals surface area contributed by atoms with Gasteiger partial charge in [0.2, 0.25) is 0 Å². The van der Waals surface area contributed by atoms with Crippen LogP contribution in [-0.2, 0) is 0 Å². The van der Waals surface area contributed by atoms with Gasteiger partial charge in [-0.25, -0.2) is 0 Å². The minimum atomic E-state index is 0.245. The van der Waals surface area contributed by atoms with Crippen molar-refractivity contribution in [2.24, 2.45) is 0 Å². The Morgan fingerprint density at radius 3 is 2.44 bits per heavy atom. The van der Waals surface area contributed by atoms with E-state index in [9.17, 15) is 4.79 Å². The first-order valence-corrected chi connectivity index (χ1v) is 6.36. The monoisotopic (exact) mass is 236 g/mol. The number of hydrogen-bond donors (Lipinski definition) is 0. The predicted octanol–water partition coefficient (Wildman–Crippen LogP) is 4.02. The zero-order valence-corrected chi connectivity index (χ0v) is 10.7. The third kappa shape index (κ3) is 1.59. The van der Waals surface area contributed by atoms with E-state index in [0.717, 1.165) is 5.56 Å². The van der Waals surface area contributed by atoms with Gasteiger partial charge in [0.1, 0.15) is 0 Å². The van der Waals surface area contributed by atoms with Crippen LogP contribution in [0.4, 0.5) is 0 Å². The fourth-order valence-electron chi connectivity index (χ4n) is 3.03. The molecule has 0 heterocycles. The van der Waals surface area contributed by atoms with Gasteiger partial charge >= 0.3 is 0 Å². The molecule has 1 atom stereocenters. The van der Waals surface area contributed by atoms with Crippen molar-refractivity contribution in [3.05, 3.63) is 70.3 Å². The maximum atomic E-state index is 12.1. The Labute approximate surface area is 107 Å². The molecule has 3 rings (SSSR count). The number of ketones is 1. The zero-order valence-electron chi connectivity index (χ0n) is 10.7. The molecule has 1 unspecified atom stereocenters. The minimum absolute atomic E-state index is 0.245. The summed E-state index contributed by atoms with van der Waals surface area (Å²) in [5.74, 6) is 0.525. The van der Waals surface area contributed by atoms with Crippen LogP contribution in [-0.4, -0.2) is 5.78 Å². The third-order valence-corrected chi connectivity index (χ3v) is 3.93. The summed E-state index contributed by atoms with van der Waals surface area (Å²) in [6, 6.07) is 14.4. The number of carbonyl (C=O) groups excluding carboxylic acids is 1. The topological polar surface area (TPSA) is 17.1 Å². The first-order chi connectivity index (χ1) is 8.68. The Kier molecular flexibility index (Phi) is 2.55. The van der Waals surface area contributed by atoms with Crippen LogP contribution in [0.2, 0.25) is 0 Å². The van der Waals surface area contributed by atoms with Crippen LogP contribution in [0, 0.1) is 13.8 Å². The van der Waals surface area contributed by atoms with E-state index in [-0.39, 0.29) is 11.7 Å². The Morgan fingerprint density at radius 1 is 0.944 bits per heavy atom. The number of fused-ring (bicyclic) bond motifs is 1. The Hall–Kier alpha value is -1.89. The van der Waals surface area contributed by atoms with E-state index in [1.807, 2.05) is 18.2 Å². The lowest BCUT2D eigenvalue weighted by molar-refractivity contribution is 0.0991. The molecule has 0 fully saturated rings. The summed E-state index contributed by atoms with van der Waals surface area (Å²) in [4.78, 5) is 12.1. The molecule has 0 aliphatic heterocycles. The summed E-state index contributed by atoms with van der Waals surface area (Å²) in [5, 5.41) is 0. The molecule has 2 aromatic carbocycles. The van der Waals surface area contributed by atoms with Crippen molar-refractivity contribution < 1.29 is 4.79 Å². The molecule has 0 N–H and O–H groups in total. The van der Waals surface area contributed by atoms with Crippen molar-refractivity contribution >= 4 is 5.78 Å². The van der Waals surface area contributed by atoms with Gasteiger partial charge in [0, 0.05) is 17.9 Å². The van der Waals surface area contributed by atoms with Crippen LogP contribution in [0.3, 0.4) is 0 Å². The van der Waals surface area contributed by atoms with Gasteiger partial charge in [-0.3, -0.25) is 4.79 Å². The maximum absolute atomic E-state index is 12.1. The quantitative estimate of drug-likeness (QED) is 0.730. The second-order valence-electron chi connectivity index (χ2n) is 5.07. The summed E-state index contributed by atoms with van der Waals surface area (Å²) in [6.07, 6.45) is 0.616. The number of hydrogen-bond acceptors (Lipinski definition) is 1. The van der Waals surface area contributed by atoms with Gasteiger partial charge in [-0.2, -0.15) is 0 Å². The van der Waals surface area contributed by atoms with Crippen molar-refractivity contribution in [1.82, 2.24) is 0 Å². The van der Waals surface area contributed by atoms with Gasteiger partial charge in [-0.05, 0) is 36.1 Å². The van der Waals surface area contributed by atoms with Crippen molar-refractivity contribution in [2.75, 3.05) is 0 Å². The smallest absolute Gasteiger partial charge is 0.164 e. The van der Waals surface area contributed by atoms with E-state index in [4.69, 9.17) is 0 Å². The summed E-state index contributed by atoms with van der Waals surface area (Å²) in [5.41, 5.74) is 5.94. The predicted molar refractivity (Wildman–Crippen MR) is 73.1 cm³/mol. The molecule has 0 bridgehead atoms. The van der Waals surface area contributed by atoms with Gasteiger partial charge in [-0.1, -0.05) is 42.5 Å². The van der Waals surface area contributed by atoms with E-state index >= 15 is 0 Å². The van der Waals surface area contributed by atoms with Gasteiger partial charge < -0.3 is 0 Å². The Balaban J connectivity index is 2.19. The molecule has 0 radical (unpaired) electrons. The highest BCUT2D eigenvalue weighted by molar-refractivity contribution is 6.02. The van der Waals surface area contributed by atoms with Crippen LogP contribution in [0.25, 0.3) is 0 Å². The van der Waals surface area contributed by atoms with E-state index < -0.39 is 0 Å². The van der Waals surface area contributed by atoms with Crippen molar-refractivity contribution in [1.29, 1.82) is 0 Å². The third-order valence-electron chi connectivity index (χ3n) is 3.93. The van der Waals surface area contributed by atoms with Crippen LogP contribution in [0.1, 0.15) is 45.0 Å². The van der Waals surface area contributed by atoms with Gasteiger partial charge in [-0.15, -0.1) is 0 Å².